The van der Waals surface area contributed by atoms with Gasteiger partial charge < -0.3 is 4.55 Å². The van der Waals surface area contributed by atoms with Crippen LogP contribution in [0.5, 0.6) is 0 Å². The van der Waals surface area contributed by atoms with Crippen molar-refractivity contribution in [1.29, 1.82) is 0 Å². The number of nitrogens with one attached hydrogen (secondary N) is 1. The van der Waals surface area contributed by atoms with Crippen LogP contribution in [0.1, 0.15) is 49.9 Å². The van der Waals surface area contributed by atoms with Gasteiger partial charge in [0.15, 0.2) is 0 Å². The molecular formula is C25H32N4O3S2. The molecule has 0 bridgehead atoms. The van der Waals surface area contributed by atoms with Crippen LogP contribution in [0.15, 0.2) is 53.7 Å². The highest BCUT2D eigenvalue weighted by Crippen LogP contribution is 2.41. The summed E-state index contributed by atoms with van der Waals surface area (Å²) in [6, 6.07) is 11.0. The van der Waals surface area contributed by atoms with Gasteiger partial charge in [0.1, 0.15) is 4.75 Å². The molecule has 1 aliphatic heterocycles. The van der Waals surface area contributed by atoms with E-state index in [2.05, 4.69) is 9.82 Å². The minimum Gasteiger partial charge on any atom is -0.598 e. The lowest BCUT2D eigenvalue weighted by Gasteiger charge is -2.37. The van der Waals surface area contributed by atoms with E-state index in [9.17, 15) is 13.0 Å². The highest BCUT2D eigenvalue weighted by molar-refractivity contribution is 7.93. The van der Waals surface area contributed by atoms with Crippen LogP contribution in [0.4, 0.5) is 5.69 Å². The van der Waals surface area contributed by atoms with Gasteiger partial charge in [-0.25, -0.2) is 8.42 Å². The first kappa shape index (κ1) is 24.8. The molecule has 34 heavy (non-hydrogen) atoms. The Hall–Kier alpha value is -2.33. The van der Waals surface area contributed by atoms with E-state index in [0.29, 0.717) is 29.1 Å². The molecule has 3 aromatic rings. The van der Waals surface area contributed by atoms with Crippen molar-refractivity contribution in [2.24, 2.45) is 7.05 Å². The monoisotopic (exact) mass is 500 g/mol. The van der Waals surface area contributed by atoms with Gasteiger partial charge >= 0.3 is 0 Å². The van der Waals surface area contributed by atoms with Gasteiger partial charge in [0.25, 0.3) is 10.0 Å². The van der Waals surface area contributed by atoms with Gasteiger partial charge in [0.05, 0.1) is 22.8 Å². The van der Waals surface area contributed by atoms with Crippen LogP contribution >= 0.6 is 0 Å². The largest absolute Gasteiger partial charge is 0.598 e. The van der Waals surface area contributed by atoms with E-state index >= 15 is 0 Å². The molecule has 7 nitrogen and oxygen atoms in total. The molecule has 2 atom stereocenters. The zero-order chi connectivity index (χ0) is 24.8. The number of hydrogen-bond donors (Lipinski definition) is 1. The number of anilines is 1. The molecule has 1 aliphatic rings. The number of sulfonamides is 1. The predicted octanol–water partition coefficient (Wildman–Crippen LogP) is 4.40. The minimum atomic E-state index is -3.79. The van der Waals surface area contributed by atoms with Gasteiger partial charge in [-0.1, -0.05) is 24.3 Å². The van der Waals surface area contributed by atoms with Gasteiger partial charge in [-0.3, -0.25) is 8.99 Å². The molecule has 2 heterocycles. The third-order valence-corrected chi connectivity index (χ3v) is 9.67. The minimum absolute atomic E-state index is 0.185. The molecule has 0 radical (unpaired) electrons. The molecule has 0 aliphatic carbocycles. The van der Waals surface area contributed by atoms with Crippen LogP contribution in [0.2, 0.25) is 0 Å². The Morgan fingerprint density at radius 2 is 1.85 bits per heavy atom. The fourth-order valence-corrected chi connectivity index (χ4v) is 6.93. The number of aryl methyl sites for hydroxylation is 3. The average molecular weight is 501 g/mol. The maximum atomic E-state index is 13.9. The van der Waals surface area contributed by atoms with Crippen LogP contribution in [-0.2, 0) is 28.4 Å². The highest BCUT2D eigenvalue weighted by Gasteiger charge is 2.38. The molecule has 182 valence electrons. The zero-order valence-electron chi connectivity index (χ0n) is 20.5. The molecule has 0 fully saturated rings. The molecule has 1 N–H and O–H groups in total. The van der Waals surface area contributed by atoms with Crippen molar-refractivity contribution in [2.45, 2.75) is 56.7 Å². The lowest BCUT2D eigenvalue weighted by molar-refractivity contribution is 0.506. The molecule has 0 saturated heterocycles. The van der Waals surface area contributed by atoms with Crippen molar-refractivity contribution in [3.63, 3.8) is 0 Å². The number of para-hydroxylation sites is 1. The summed E-state index contributed by atoms with van der Waals surface area (Å²) in [7, 11) is -1.94. The summed E-state index contributed by atoms with van der Waals surface area (Å²) >= 11 is -1.26. The first-order valence-electron chi connectivity index (χ1n) is 11.3. The van der Waals surface area contributed by atoms with Gasteiger partial charge in [0.2, 0.25) is 0 Å². The van der Waals surface area contributed by atoms with Gasteiger partial charge in [-0.15, -0.1) is 4.72 Å². The number of hydrogen-bond acceptors (Lipinski definition) is 5. The molecular weight excluding hydrogens is 468 g/mol. The van der Waals surface area contributed by atoms with Crippen molar-refractivity contribution >= 4 is 27.1 Å². The first-order chi connectivity index (χ1) is 15.9. The molecule has 1 aromatic heterocycles. The van der Waals surface area contributed by atoms with Crippen LogP contribution in [0.25, 0.3) is 11.1 Å². The SMILES string of the molecule is Cc1cc(-c2cnn(C)c2)ccc1S(=O)(=O)N1CC[C@@H](N[S+]([O-])C(C)(C)C)c2cccc(C)c21. The molecule has 1 unspecified atom stereocenters. The maximum Gasteiger partial charge on any atom is 0.264 e. The molecule has 0 amide bonds. The lowest BCUT2D eigenvalue weighted by atomic mass is 9.96. The van der Waals surface area contributed by atoms with E-state index in [1.165, 1.54) is 4.31 Å². The Balaban J connectivity index is 1.72. The maximum absolute atomic E-state index is 13.9. The highest BCUT2D eigenvalue weighted by atomic mass is 32.2. The van der Waals surface area contributed by atoms with Crippen molar-refractivity contribution in [2.75, 3.05) is 10.8 Å². The molecule has 9 heteroatoms. The topological polar surface area (TPSA) is 90.3 Å². The summed E-state index contributed by atoms with van der Waals surface area (Å²) in [5.74, 6) is 0. The predicted molar refractivity (Wildman–Crippen MR) is 137 cm³/mol. The molecule has 0 spiro atoms. The normalized spacial score (nSPS) is 17.5. The number of nitrogens with zero attached hydrogens (tertiary/aromatic N) is 3. The quantitative estimate of drug-likeness (QED) is 0.525. The zero-order valence-corrected chi connectivity index (χ0v) is 22.1. The van der Waals surface area contributed by atoms with E-state index in [1.54, 1.807) is 16.9 Å². The van der Waals surface area contributed by atoms with Crippen LogP contribution in [0, 0.1) is 13.8 Å². The second kappa shape index (κ2) is 9.03. The molecule has 2 aromatic carbocycles. The standard InChI is InChI=1S/C25H32N4O3S2/c1-17-8-7-9-21-22(27-33(30)25(3,4)5)12-13-29(24(17)21)34(31,32)23-11-10-19(14-18(23)2)20-15-26-28(6)16-20/h7-11,14-16,22,27H,12-13H2,1-6H3/t22-,33?/m1/s1. The van der Waals surface area contributed by atoms with E-state index in [-0.39, 0.29) is 6.04 Å². The smallest absolute Gasteiger partial charge is 0.264 e. The fourth-order valence-electron chi connectivity index (χ4n) is 4.29. The first-order valence-corrected chi connectivity index (χ1v) is 13.9. The van der Waals surface area contributed by atoms with Gasteiger partial charge in [-0.2, -0.15) is 5.10 Å². The van der Waals surface area contributed by atoms with Crippen LogP contribution in [-0.4, -0.2) is 34.0 Å². The summed E-state index contributed by atoms with van der Waals surface area (Å²) in [4.78, 5) is 0.291. The van der Waals surface area contributed by atoms with E-state index in [4.69, 9.17) is 0 Å². The Morgan fingerprint density at radius 1 is 1.12 bits per heavy atom. The fraction of sp³-hybridized carbons (Fsp3) is 0.400. The van der Waals surface area contributed by atoms with E-state index in [1.807, 2.05) is 78.2 Å². The van der Waals surface area contributed by atoms with Crippen LogP contribution < -0.4 is 9.03 Å². The number of benzene rings is 2. The average Bonchev–Trinajstić information content (AvgIpc) is 3.19. The Kier molecular flexibility index (Phi) is 6.58. The second-order valence-corrected chi connectivity index (χ2v) is 13.6. The van der Waals surface area contributed by atoms with E-state index in [0.717, 1.165) is 22.3 Å². The second-order valence-electron chi connectivity index (χ2n) is 9.81. The van der Waals surface area contributed by atoms with Crippen molar-refractivity contribution in [1.82, 2.24) is 14.5 Å². The molecule has 4 rings (SSSR count). The number of aromatic nitrogens is 2. The van der Waals surface area contributed by atoms with Crippen molar-refractivity contribution in [3.8, 4) is 11.1 Å². The van der Waals surface area contributed by atoms with Crippen molar-refractivity contribution in [3.05, 3.63) is 65.5 Å². The summed E-state index contributed by atoms with van der Waals surface area (Å²) in [6.45, 7) is 9.82. The Bertz CT molecular complexity index is 1310. The Labute approximate surface area is 205 Å². The summed E-state index contributed by atoms with van der Waals surface area (Å²) in [6.07, 6.45) is 4.20. The third kappa shape index (κ3) is 4.62. The third-order valence-electron chi connectivity index (χ3n) is 6.10. The summed E-state index contributed by atoms with van der Waals surface area (Å²) < 4.78 is 46.6. The Morgan fingerprint density at radius 3 is 2.47 bits per heavy atom. The van der Waals surface area contributed by atoms with Crippen molar-refractivity contribution < 1.29 is 13.0 Å². The lowest BCUT2D eigenvalue weighted by Crippen LogP contribution is -2.45. The van der Waals surface area contributed by atoms with E-state index < -0.39 is 26.1 Å². The molecule has 0 saturated carbocycles. The van der Waals surface area contributed by atoms with Crippen LogP contribution in [0.3, 0.4) is 0 Å². The van der Waals surface area contributed by atoms with Gasteiger partial charge in [0, 0.05) is 36.7 Å². The van der Waals surface area contributed by atoms with Gasteiger partial charge in [-0.05, 0) is 75.4 Å². The summed E-state index contributed by atoms with van der Waals surface area (Å²) in [5.41, 5.74) is 4.96. The number of rotatable bonds is 5. The summed E-state index contributed by atoms with van der Waals surface area (Å²) in [5, 5.41) is 4.21. The number of fused-ring (bicyclic) bond motifs is 1.